The van der Waals surface area contributed by atoms with E-state index < -0.39 is 16.0 Å². The molecule has 0 saturated carbocycles. The van der Waals surface area contributed by atoms with Gasteiger partial charge >= 0.3 is 5.97 Å². The first kappa shape index (κ1) is 16.0. The van der Waals surface area contributed by atoms with Crippen molar-refractivity contribution in [2.45, 2.75) is 11.8 Å². The van der Waals surface area contributed by atoms with Gasteiger partial charge in [-0.05, 0) is 36.7 Å². The first-order valence-corrected chi connectivity index (χ1v) is 8.41. The third-order valence-electron chi connectivity index (χ3n) is 2.49. The van der Waals surface area contributed by atoms with Crippen LogP contribution in [0.5, 0.6) is 0 Å². The van der Waals surface area contributed by atoms with E-state index in [1.807, 2.05) is 0 Å². The molecule has 21 heavy (non-hydrogen) atoms. The normalized spacial score (nSPS) is 11.4. The second kappa shape index (κ2) is 5.80. The highest BCUT2D eigenvalue weighted by molar-refractivity contribution is 7.93. The molecule has 0 amide bonds. The average Bonchev–Trinajstić information content (AvgIpc) is 2.72. The predicted molar refractivity (Wildman–Crippen MR) is 81.1 cm³/mol. The number of rotatable bonds is 4. The Labute approximate surface area is 134 Å². The van der Waals surface area contributed by atoms with Gasteiger partial charge in [-0.2, -0.15) is 4.37 Å². The van der Waals surface area contributed by atoms with Crippen molar-refractivity contribution in [1.29, 1.82) is 0 Å². The van der Waals surface area contributed by atoms with Crippen molar-refractivity contribution in [2.75, 3.05) is 4.72 Å². The highest BCUT2D eigenvalue weighted by Gasteiger charge is 2.24. The van der Waals surface area contributed by atoms with Gasteiger partial charge in [0, 0.05) is 5.02 Å². The van der Waals surface area contributed by atoms with Gasteiger partial charge in [0.05, 0.1) is 10.7 Å². The second-order valence-corrected chi connectivity index (χ2v) is 7.23. The number of hydrogen-bond donors (Lipinski definition) is 2. The Morgan fingerprint density at radius 2 is 2.05 bits per heavy atom. The minimum absolute atomic E-state index is 0.0231. The second-order valence-electron chi connectivity index (χ2n) is 3.96. The molecule has 2 rings (SSSR count). The molecule has 0 saturated heterocycles. The Balaban J connectivity index is 2.48. The van der Waals surface area contributed by atoms with Crippen LogP contribution >= 0.6 is 34.7 Å². The van der Waals surface area contributed by atoms with Crippen molar-refractivity contribution in [3.8, 4) is 0 Å². The van der Waals surface area contributed by atoms with Crippen LogP contribution in [0.3, 0.4) is 0 Å². The van der Waals surface area contributed by atoms with E-state index in [0.717, 1.165) is 11.5 Å². The summed E-state index contributed by atoms with van der Waals surface area (Å²) in [6.07, 6.45) is 0. The van der Waals surface area contributed by atoms with Crippen LogP contribution in [0.15, 0.2) is 23.1 Å². The molecule has 1 aromatic heterocycles. The van der Waals surface area contributed by atoms with Gasteiger partial charge in [0.15, 0.2) is 0 Å². The molecule has 0 aliphatic carbocycles. The fourth-order valence-electron chi connectivity index (χ4n) is 1.55. The maximum absolute atomic E-state index is 12.3. The predicted octanol–water partition coefficient (Wildman–Crippen LogP) is 3.26. The van der Waals surface area contributed by atoms with Crippen LogP contribution in [0, 0.1) is 6.92 Å². The molecule has 0 bridgehead atoms. The first-order chi connectivity index (χ1) is 9.72. The monoisotopic (exact) mass is 366 g/mol. The lowest BCUT2D eigenvalue weighted by molar-refractivity contribution is 0.0697. The molecule has 1 heterocycles. The van der Waals surface area contributed by atoms with E-state index >= 15 is 0 Å². The third-order valence-corrected chi connectivity index (χ3v) is 5.54. The van der Waals surface area contributed by atoms with Crippen LogP contribution < -0.4 is 4.72 Å². The van der Waals surface area contributed by atoms with Crippen molar-refractivity contribution >= 4 is 55.7 Å². The summed E-state index contributed by atoms with van der Waals surface area (Å²) in [4.78, 5) is 10.9. The number of aromatic nitrogens is 1. The lowest BCUT2D eigenvalue weighted by Gasteiger charge is -2.08. The number of anilines is 1. The lowest BCUT2D eigenvalue weighted by Crippen LogP contribution is -2.15. The molecule has 1 aromatic carbocycles. The molecule has 0 aliphatic rings. The molecule has 6 nitrogen and oxygen atoms in total. The molecule has 112 valence electrons. The zero-order valence-electron chi connectivity index (χ0n) is 10.4. The van der Waals surface area contributed by atoms with E-state index in [1.54, 1.807) is 0 Å². The van der Waals surface area contributed by atoms with Crippen molar-refractivity contribution in [3.05, 3.63) is 39.5 Å². The first-order valence-electron chi connectivity index (χ1n) is 5.40. The molecule has 0 spiro atoms. The maximum atomic E-state index is 12.3. The summed E-state index contributed by atoms with van der Waals surface area (Å²) < 4.78 is 30.6. The van der Waals surface area contributed by atoms with Gasteiger partial charge in [0.1, 0.15) is 15.5 Å². The van der Waals surface area contributed by atoms with Crippen LogP contribution in [0.4, 0.5) is 5.00 Å². The van der Waals surface area contributed by atoms with Crippen molar-refractivity contribution in [1.82, 2.24) is 4.37 Å². The summed E-state index contributed by atoms with van der Waals surface area (Å²) in [6, 6.07) is 3.97. The number of nitrogens with one attached hydrogen (secondary N) is 1. The van der Waals surface area contributed by atoms with Crippen LogP contribution in [0.1, 0.15) is 16.1 Å². The minimum atomic E-state index is -4.07. The van der Waals surface area contributed by atoms with Gasteiger partial charge in [0.25, 0.3) is 10.0 Å². The fourth-order valence-corrected chi connectivity index (χ4v) is 4.40. The molecule has 2 N–H and O–H groups in total. The molecule has 2 aromatic rings. The number of carboxylic acid groups (broad SMARTS) is 1. The summed E-state index contributed by atoms with van der Waals surface area (Å²) in [5, 5.41) is 9.17. The number of halogens is 2. The van der Waals surface area contributed by atoms with E-state index in [-0.39, 0.29) is 31.2 Å². The van der Waals surface area contributed by atoms with Gasteiger partial charge < -0.3 is 5.11 Å². The highest BCUT2D eigenvalue weighted by Crippen LogP contribution is 2.30. The number of sulfonamides is 1. The van der Waals surface area contributed by atoms with E-state index in [0.29, 0.717) is 0 Å². The zero-order chi connectivity index (χ0) is 15.8. The van der Waals surface area contributed by atoms with Gasteiger partial charge in [-0.1, -0.05) is 23.2 Å². The summed E-state index contributed by atoms with van der Waals surface area (Å²) in [7, 11) is -4.07. The highest BCUT2D eigenvalue weighted by atomic mass is 35.5. The number of carbonyl (C=O) groups is 1. The number of aromatic carboxylic acids is 1. The Morgan fingerprint density at radius 3 is 2.67 bits per heavy atom. The number of benzene rings is 1. The summed E-state index contributed by atoms with van der Waals surface area (Å²) >= 11 is 12.3. The van der Waals surface area contributed by atoms with Crippen molar-refractivity contribution in [3.63, 3.8) is 0 Å². The maximum Gasteiger partial charge on any atom is 0.340 e. The standard InChI is InChI=1S/C11H8Cl2N2O4S2/c1-5-9(11(16)17)10(20-14-5)15-21(18,19)8-4-6(12)2-3-7(8)13/h2-4,15H,1H3,(H,16,17). The van der Waals surface area contributed by atoms with Gasteiger partial charge in [-0.15, -0.1) is 0 Å². The van der Waals surface area contributed by atoms with Gasteiger partial charge in [-0.25, -0.2) is 13.2 Å². The summed E-state index contributed by atoms with van der Waals surface area (Å²) in [5.41, 5.74) is 0.0316. The quantitative estimate of drug-likeness (QED) is 0.865. The molecule has 0 radical (unpaired) electrons. The Bertz CT molecular complexity index is 818. The van der Waals surface area contributed by atoms with Gasteiger partial charge in [-0.3, -0.25) is 4.72 Å². The number of aryl methyl sites for hydroxylation is 1. The summed E-state index contributed by atoms with van der Waals surface area (Å²) in [5.74, 6) is -1.27. The number of nitrogens with zero attached hydrogens (tertiary/aromatic N) is 1. The molecule has 0 unspecified atom stereocenters. The smallest absolute Gasteiger partial charge is 0.340 e. The lowest BCUT2D eigenvalue weighted by atomic mass is 10.2. The minimum Gasteiger partial charge on any atom is -0.478 e. The summed E-state index contributed by atoms with van der Waals surface area (Å²) in [6.45, 7) is 1.48. The number of hydrogen-bond acceptors (Lipinski definition) is 5. The molecule has 0 fully saturated rings. The average molecular weight is 367 g/mol. The molecule has 0 atom stereocenters. The Kier molecular flexibility index (Phi) is 4.43. The third kappa shape index (κ3) is 3.29. The molecule has 0 aliphatic heterocycles. The van der Waals surface area contributed by atoms with E-state index in [4.69, 9.17) is 28.3 Å². The van der Waals surface area contributed by atoms with E-state index in [2.05, 4.69) is 9.10 Å². The molecule has 10 heteroatoms. The van der Waals surface area contributed by atoms with Crippen LogP contribution in [-0.4, -0.2) is 23.9 Å². The van der Waals surface area contributed by atoms with Crippen LogP contribution in [-0.2, 0) is 10.0 Å². The Morgan fingerprint density at radius 1 is 1.38 bits per heavy atom. The van der Waals surface area contributed by atoms with Crippen LogP contribution in [0.2, 0.25) is 10.0 Å². The van der Waals surface area contributed by atoms with Crippen molar-refractivity contribution < 1.29 is 18.3 Å². The largest absolute Gasteiger partial charge is 0.478 e. The molecular formula is C11H8Cl2N2O4S2. The van der Waals surface area contributed by atoms with Crippen molar-refractivity contribution in [2.24, 2.45) is 0 Å². The van der Waals surface area contributed by atoms with Crippen LogP contribution in [0.25, 0.3) is 0 Å². The number of carboxylic acids is 1. The molecular weight excluding hydrogens is 359 g/mol. The van der Waals surface area contributed by atoms with E-state index in [9.17, 15) is 13.2 Å². The SMILES string of the molecule is Cc1nsc(NS(=O)(=O)c2cc(Cl)ccc2Cl)c1C(=O)O. The Hall–Kier alpha value is -1.35. The van der Waals surface area contributed by atoms with Gasteiger partial charge in [0.2, 0.25) is 0 Å². The zero-order valence-corrected chi connectivity index (χ0v) is 13.6. The topological polar surface area (TPSA) is 96.4 Å². The fraction of sp³-hybridized carbons (Fsp3) is 0.0909. The van der Waals surface area contributed by atoms with E-state index in [1.165, 1.54) is 25.1 Å².